The van der Waals surface area contributed by atoms with Gasteiger partial charge < -0.3 is 0 Å². The van der Waals surface area contributed by atoms with Gasteiger partial charge in [0.2, 0.25) is 0 Å². The van der Waals surface area contributed by atoms with Crippen LogP contribution in [0.5, 0.6) is 0 Å². The molecule has 17 heavy (non-hydrogen) atoms. The molecule has 0 aliphatic heterocycles. The standard InChI is InChI=1S/C14H12BrNO/c1-10-6-2-3-7-11(10)13(15)14(17)12-8-4-5-9-16-12/h2-9,13H,1H3. The first-order chi connectivity index (χ1) is 8.20. The second kappa shape index (κ2) is 5.23. The Kier molecular flexibility index (Phi) is 3.69. The molecule has 0 N–H and O–H groups in total. The Balaban J connectivity index is 2.30. The van der Waals surface area contributed by atoms with Gasteiger partial charge in [0, 0.05) is 6.20 Å². The van der Waals surface area contributed by atoms with Crippen LogP contribution in [-0.4, -0.2) is 10.8 Å². The molecule has 0 saturated heterocycles. The fraction of sp³-hybridized carbons (Fsp3) is 0.143. The molecular weight excluding hydrogens is 278 g/mol. The van der Waals surface area contributed by atoms with E-state index in [0.717, 1.165) is 11.1 Å². The van der Waals surface area contributed by atoms with E-state index < -0.39 is 0 Å². The third-order valence-corrected chi connectivity index (χ3v) is 3.52. The maximum atomic E-state index is 12.2. The Morgan fingerprint density at radius 1 is 1.18 bits per heavy atom. The predicted molar refractivity (Wildman–Crippen MR) is 71.4 cm³/mol. The summed E-state index contributed by atoms with van der Waals surface area (Å²) in [5, 5.41) is 0. The van der Waals surface area contributed by atoms with Crippen LogP contribution in [0.4, 0.5) is 0 Å². The molecule has 3 heteroatoms. The zero-order valence-corrected chi connectivity index (χ0v) is 11.0. The first-order valence-corrected chi connectivity index (χ1v) is 6.26. The van der Waals surface area contributed by atoms with Crippen molar-refractivity contribution in [3.05, 3.63) is 65.5 Å². The summed E-state index contributed by atoms with van der Waals surface area (Å²) >= 11 is 3.45. The Morgan fingerprint density at radius 2 is 1.88 bits per heavy atom. The molecule has 2 rings (SSSR count). The van der Waals surface area contributed by atoms with E-state index >= 15 is 0 Å². The summed E-state index contributed by atoms with van der Waals surface area (Å²) in [6.45, 7) is 2.00. The highest BCUT2D eigenvalue weighted by Crippen LogP contribution is 2.28. The molecule has 0 aliphatic rings. The summed E-state index contributed by atoms with van der Waals surface area (Å²) in [5.74, 6) is -0.0140. The molecule has 1 heterocycles. The lowest BCUT2D eigenvalue weighted by atomic mass is 10.0. The number of Topliss-reactive ketones (excluding diaryl/α,β-unsaturated/α-hetero) is 1. The zero-order valence-electron chi connectivity index (χ0n) is 9.43. The minimum absolute atomic E-state index is 0.0140. The van der Waals surface area contributed by atoms with Gasteiger partial charge in [-0.3, -0.25) is 9.78 Å². The van der Waals surface area contributed by atoms with Gasteiger partial charge in [0.25, 0.3) is 0 Å². The van der Waals surface area contributed by atoms with Crippen LogP contribution in [0.15, 0.2) is 48.7 Å². The van der Waals surface area contributed by atoms with Gasteiger partial charge in [-0.2, -0.15) is 0 Å². The lowest BCUT2D eigenvalue weighted by Crippen LogP contribution is -2.09. The number of carbonyl (C=O) groups is 1. The van der Waals surface area contributed by atoms with Crippen molar-refractivity contribution in [2.45, 2.75) is 11.8 Å². The van der Waals surface area contributed by atoms with E-state index in [1.807, 2.05) is 37.3 Å². The molecule has 0 bridgehead atoms. The number of aryl methyl sites for hydroxylation is 1. The van der Waals surface area contributed by atoms with Crippen LogP contribution in [0.1, 0.15) is 26.4 Å². The predicted octanol–water partition coefficient (Wildman–Crippen LogP) is 3.71. The van der Waals surface area contributed by atoms with Crippen LogP contribution in [0.3, 0.4) is 0 Å². The molecule has 0 spiro atoms. The van der Waals surface area contributed by atoms with Gasteiger partial charge >= 0.3 is 0 Å². The number of carbonyl (C=O) groups excluding carboxylic acids is 1. The molecular formula is C14H12BrNO. The highest BCUT2D eigenvalue weighted by Gasteiger charge is 2.20. The molecule has 0 amide bonds. The summed E-state index contributed by atoms with van der Waals surface area (Å²) in [4.78, 5) is 15.9. The van der Waals surface area contributed by atoms with E-state index in [1.165, 1.54) is 0 Å². The maximum Gasteiger partial charge on any atom is 0.199 e. The van der Waals surface area contributed by atoms with Crippen LogP contribution in [0.2, 0.25) is 0 Å². The summed E-state index contributed by atoms with van der Waals surface area (Å²) in [5.41, 5.74) is 2.57. The van der Waals surface area contributed by atoms with E-state index in [4.69, 9.17) is 0 Å². The van der Waals surface area contributed by atoms with Crippen LogP contribution in [-0.2, 0) is 0 Å². The Labute approximate surface area is 109 Å². The molecule has 0 fully saturated rings. The molecule has 1 unspecified atom stereocenters. The number of benzene rings is 1. The minimum atomic E-state index is -0.335. The molecule has 1 atom stereocenters. The zero-order chi connectivity index (χ0) is 12.3. The van der Waals surface area contributed by atoms with E-state index in [9.17, 15) is 4.79 Å². The third kappa shape index (κ3) is 2.61. The van der Waals surface area contributed by atoms with Crippen molar-refractivity contribution < 1.29 is 4.79 Å². The van der Waals surface area contributed by atoms with Crippen LogP contribution >= 0.6 is 15.9 Å². The largest absolute Gasteiger partial charge is 0.291 e. The number of rotatable bonds is 3. The van der Waals surface area contributed by atoms with Gasteiger partial charge in [0.1, 0.15) is 10.5 Å². The van der Waals surface area contributed by atoms with Crippen molar-refractivity contribution in [3.8, 4) is 0 Å². The van der Waals surface area contributed by atoms with Crippen molar-refractivity contribution >= 4 is 21.7 Å². The highest BCUT2D eigenvalue weighted by atomic mass is 79.9. The van der Waals surface area contributed by atoms with Crippen molar-refractivity contribution in [1.29, 1.82) is 0 Å². The minimum Gasteiger partial charge on any atom is -0.291 e. The summed E-state index contributed by atoms with van der Waals surface area (Å²) in [7, 11) is 0. The van der Waals surface area contributed by atoms with Gasteiger partial charge in [0.15, 0.2) is 5.78 Å². The lowest BCUT2D eigenvalue weighted by molar-refractivity contribution is 0.0986. The smallest absolute Gasteiger partial charge is 0.199 e. The molecule has 0 radical (unpaired) electrons. The molecule has 1 aromatic heterocycles. The van der Waals surface area contributed by atoms with Crippen LogP contribution < -0.4 is 0 Å². The fourth-order valence-electron chi connectivity index (χ4n) is 1.65. The van der Waals surface area contributed by atoms with Gasteiger partial charge in [0.05, 0.1) is 0 Å². The Bertz CT molecular complexity index is 525. The third-order valence-electron chi connectivity index (χ3n) is 2.61. The first-order valence-electron chi connectivity index (χ1n) is 5.35. The number of hydrogen-bond acceptors (Lipinski definition) is 2. The van der Waals surface area contributed by atoms with E-state index in [2.05, 4.69) is 20.9 Å². The van der Waals surface area contributed by atoms with Crippen molar-refractivity contribution in [2.24, 2.45) is 0 Å². The molecule has 1 aromatic carbocycles. The Morgan fingerprint density at radius 3 is 2.53 bits per heavy atom. The normalized spacial score (nSPS) is 12.1. The van der Waals surface area contributed by atoms with Gasteiger partial charge in [-0.15, -0.1) is 0 Å². The quantitative estimate of drug-likeness (QED) is 0.637. The van der Waals surface area contributed by atoms with Crippen molar-refractivity contribution in [1.82, 2.24) is 4.98 Å². The number of pyridine rings is 1. The van der Waals surface area contributed by atoms with Gasteiger partial charge in [-0.25, -0.2) is 0 Å². The SMILES string of the molecule is Cc1ccccc1C(Br)C(=O)c1ccccn1. The average Bonchev–Trinajstić information content (AvgIpc) is 2.39. The number of ketones is 1. The number of hydrogen-bond donors (Lipinski definition) is 0. The lowest BCUT2D eigenvalue weighted by Gasteiger charge is -2.11. The first kappa shape index (κ1) is 12.0. The van der Waals surface area contributed by atoms with Crippen molar-refractivity contribution in [2.75, 3.05) is 0 Å². The highest BCUT2D eigenvalue weighted by molar-refractivity contribution is 9.09. The second-order valence-electron chi connectivity index (χ2n) is 3.80. The number of alkyl halides is 1. The van der Waals surface area contributed by atoms with Crippen molar-refractivity contribution in [3.63, 3.8) is 0 Å². The molecule has 2 nitrogen and oxygen atoms in total. The van der Waals surface area contributed by atoms with E-state index in [-0.39, 0.29) is 10.6 Å². The average molecular weight is 290 g/mol. The molecule has 86 valence electrons. The summed E-state index contributed by atoms with van der Waals surface area (Å²) < 4.78 is 0. The summed E-state index contributed by atoms with van der Waals surface area (Å²) in [6, 6.07) is 13.2. The topological polar surface area (TPSA) is 30.0 Å². The second-order valence-corrected chi connectivity index (χ2v) is 4.71. The van der Waals surface area contributed by atoms with Gasteiger partial charge in [-0.05, 0) is 30.2 Å². The fourth-order valence-corrected chi connectivity index (χ4v) is 2.40. The molecule has 0 aliphatic carbocycles. The number of nitrogens with zero attached hydrogens (tertiary/aromatic N) is 1. The summed E-state index contributed by atoms with van der Waals surface area (Å²) in [6.07, 6.45) is 1.63. The number of aromatic nitrogens is 1. The van der Waals surface area contributed by atoms with Gasteiger partial charge in [-0.1, -0.05) is 46.3 Å². The van der Waals surface area contributed by atoms with Crippen LogP contribution in [0, 0.1) is 6.92 Å². The van der Waals surface area contributed by atoms with E-state index in [1.54, 1.807) is 18.3 Å². The van der Waals surface area contributed by atoms with Crippen LogP contribution in [0.25, 0.3) is 0 Å². The Hall–Kier alpha value is -1.48. The molecule has 2 aromatic rings. The molecule has 0 saturated carbocycles. The monoisotopic (exact) mass is 289 g/mol. The maximum absolute atomic E-state index is 12.2. The van der Waals surface area contributed by atoms with E-state index in [0.29, 0.717) is 5.69 Å². The number of halogens is 1.